The first-order valence-electron chi connectivity index (χ1n) is 5.22. The Morgan fingerprint density at radius 2 is 2.17 bits per heavy atom. The molecular formula is C12H10F2N2O2. The van der Waals surface area contributed by atoms with Gasteiger partial charge >= 0.3 is 5.97 Å². The summed E-state index contributed by atoms with van der Waals surface area (Å²) in [5, 5.41) is 8.69. The number of carbonyl (C=O) groups is 1. The van der Waals surface area contributed by atoms with Gasteiger partial charge in [0.1, 0.15) is 24.0 Å². The van der Waals surface area contributed by atoms with Crippen LogP contribution in [0.5, 0.6) is 0 Å². The molecule has 0 aliphatic carbocycles. The average molecular weight is 252 g/mol. The van der Waals surface area contributed by atoms with Crippen molar-refractivity contribution in [2.75, 3.05) is 0 Å². The van der Waals surface area contributed by atoms with Crippen molar-refractivity contribution in [1.82, 2.24) is 9.55 Å². The predicted molar refractivity (Wildman–Crippen MR) is 59.0 cm³/mol. The molecule has 1 heterocycles. The van der Waals surface area contributed by atoms with Crippen molar-refractivity contribution in [3.63, 3.8) is 0 Å². The van der Waals surface area contributed by atoms with Crippen molar-refractivity contribution in [1.29, 1.82) is 0 Å². The number of rotatable bonds is 4. The molecule has 0 aliphatic rings. The summed E-state index contributed by atoms with van der Waals surface area (Å²) < 4.78 is 27.6. The van der Waals surface area contributed by atoms with Crippen LogP contribution in [0.4, 0.5) is 8.78 Å². The number of imidazole rings is 1. The quantitative estimate of drug-likeness (QED) is 0.903. The van der Waals surface area contributed by atoms with Gasteiger partial charge in [-0.1, -0.05) is 6.07 Å². The van der Waals surface area contributed by atoms with Gasteiger partial charge in [0.25, 0.3) is 0 Å². The van der Waals surface area contributed by atoms with Gasteiger partial charge < -0.3 is 9.67 Å². The smallest absolute Gasteiger partial charge is 0.323 e. The molecule has 0 spiro atoms. The minimum absolute atomic E-state index is 0.117. The maximum atomic E-state index is 13.4. The van der Waals surface area contributed by atoms with Gasteiger partial charge in [-0.3, -0.25) is 4.79 Å². The molecule has 1 N–H and O–H groups in total. The SMILES string of the molecule is O=C(O)Cn1ccnc1Cc1ccc(F)cc1F. The van der Waals surface area contributed by atoms with Gasteiger partial charge in [-0.25, -0.2) is 13.8 Å². The molecule has 0 atom stereocenters. The molecule has 4 nitrogen and oxygen atoms in total. The summed E-state index contributed by atoms with van der Waals surface area (Å²) in [5.41, 5.74) is 0.272. The summed E-state index contributed by atoms with van der Waals surface area (Å²) in [6.07, 6.45) is 3.07. The molecule has 1 aromatic heterocycles. The standard InChI is InChI=1S/C12H10F2N2O2/c13-9-2-1-8(10(14)6-9)5-11-15-3-4-16(11)7-12(17)18/h1-4,6H,5,7H2,(H,17,18). The lowest BCUT2D eigenvalue weighted by Gasteiger charge is -2.06. The van der Waals surface area contributed by atoms with E-state index < -0.39 is 17.6 Å². The van der Waals surface area contributed by atoms with Crippen molar-refractivity contribution >= 4 is 5.97 Å². The Morgan fingerprint density at radius 1 is 1.39 bits per heavy atom. The van der Waals surface area contributed by atoms with Crippen molar-refractivity contribution < 1.29 is 18.7 Å². The van der Waals surface area contributed by atoms with E-state index in [-0.39, 0.29) is 18.5 Å². The van der Waals surface area contributed by atoms with Crippen LogP contribution in [0.2, 0.25) is 0 Å². The highest BCUT2D eigenvalue weighted by Crippen LogP contribution is 2.13. The van der Waals surface area contributed by atoms with Crippen molar-refractivity contribution in [3.8, 4) is 0 Å². The van der Waals surface area contributed by atoms with Crippen LogP contribution in [-0.2, 0) is 17.8 Å². The van der Waals surface area contributed by atoms with E-state index in [1.54, 1.807) is 0 Å². The number of benzene rings is 1. The molecule has 0 aliphatic heterocycles. The lowest BCUT2D eigenvalue weighted by molar-refractivity contribution is -0.137. The second kappa shape index (κ2) is 4.95. The molecule has 18 heavy (non-hydrogen) atoms. The Kier molecular flexibility index (Phi) is 3.36. The van der Waals surface area contributed by atoms with Gasteiger partial charge in [0, 0.05) is 24.9 Å². The number of hydrogen-bond acceptors (Lipinski definition) is 2. The van der Waals surface area contributed by atoms with E-state index in [0.717, 1.165) is 12.1 Å². The zero-order valence-electron chi connectivity index (χ0n) is 9.31. The fourth-order valence-electron chi connectivity index (χ4n) is 1.63. The topological polar surface area (TPSA) is 55.1 Å². The maximum Gasteiger partial charge on any atom is 0.323 e. The fourth-order valence-corrected chi connectivity index (χ4v) is 1.63. The monoisotopic (exact) mass is 252 g/mol. The molecular weight excluding hydrogens is 242 g/mol. The summed E-state index contributed by atoms with van der Waals surface area (Å²) >= 11 is 0. The first-order chi connectivity index (χ1) is 8.56. The molecule has 2 rings (SSSR count). The summed E-state index contributed by atoms with van der Waals surface area (Å²) in [7, 11) is 0. The molecule has 94 valence electrons. The number of nitrogens with zero attached hydrogens (tertiary/aromatic N) is 2. The third-order valence-electron chi connectivity index (χ3n) is 2.47. The van der Waals surface area contributed by atoms with Crippen LogP contribution in [0.15, 0.2) is 30.6 Å². The highest BCUT2D eigenvalue weighted by Gasteiger charge is 2.10. The van der Waals surface area contributed by atoms with Crippen LogP contribution in [-0.4, -0.2) is 20.6 Å². The Bertz CT molecular complexity index is 581. The van der Waals surface area contributed by atoms with E-state index in [4.69, 9.17) is 5.11 Å². The van der Waals surface area contributed by atoms with E-state index in [9.17, 15) is 13.6 Å². The number of aliphatic carboxylic acids is 1. The Labute approximate surface area is 102 Å². The van der Waals surface area contributed by atoms with Crippen molar-refractivity contribution in [3.05, 3.63) is 53.6 Å². The van der Waals surface area contributed by atoms with Crippen LogP contribution in [0, 0.1) is 11.6 Å². The largest absolute Gasteiger partial charge is 0.480 e. The number of halogens is 2. The molecule has 0 saturated heterocycles. The van der Waals surface area contributed by atoms with Gasteiger partial charge in [-0.15, -0.1) is 0 Å². The van der Waals surface area contributed by atoms with Gasteiger partial charge in [0.05, 0.1) is 0 Å². The van der Waals surface area contributed by atoms with Crippen LogP contribution >= 0.6 is 0 Å². The second-order valence-corrected chi connectivity index (χ2v) is 3.78. The second-order valence-electron chi connectivity index (χ2n) is 3.78. The summed E-state index contributed by atoms with van der Waals surface area (Å²) in [6, 6.07) is 3.27. The summed E-state index contributed by atoms with van der Waals surface area (Å²) in [4.78, 5) is 14.6. The normalized spacial score (nSPS) is 10.6. The third-order valence-corrected chi connectivity index (χ3v) is 2.47. The molecule has 0 fully saturated rings. The Morgan fingerprint density at radius 3 is 2.83 bits per heavy atom. The average Bonchev–Trinajstić information content (AvgIpc) is 2.69. The molecule has 0 unspecified atom stereocenters. The van der Waals surface area contributed by atoms with Crippen LogP contribution < -0.4 is 0 Å². The molecule has 0 bridgehead atoms. The van der Waals surface area contributed by atoms with Gasteiger partial charge in [0.15, 0.2) is 0 Å². The minimum atomic E-state index is -1.01. The molecule has 0 saturated carbocycles. The Hall–Kier alpha value is -2.24. The molecule has 6 heteroatoms. The predicted octanol–water partition coefficient (Wildman–Crippen LogP) is 1.84. The minimum Gasteiger partial charge on any atom is -0.480 e. The number of hydrogen-bond donors (Lipinski definition) is 1. The van der Waals surface area contributed by atoms with E-state index in [0.29, 0.717) is 5.82 Å². The first-order valence-corrected chi connectivity index (χ1v) is 5.22. The van der Waals surface area contributed by atoms with E-state index in [2.05, 4.69) is 4.98 Å². The van der Waals surface area contributed by atoms with Gasteiger partial charge in [-0.05, 0) is 11.6 Å². The summed E-state index contributed by atoms with van der Waals surface area (Å²) in [6.45, 7) is -0.238. The lowest BCUT2D eigenvalue weighted by atomic mass is 10.1. The lowest BCUT2D eigenvalue weighted by Crippen LogP contribution is -2.12. The number of carboxylic acids is 1. The molecule has 1 aromatic carbocycles. The van der Waals surface area contributed by atoms with Crippen molar-refractivity contribution in [2.45, 2.75) is 13.0 Å². The van der Waals surface area contributed by atoms with Crippen molar-refractivity contribution in [2.24, 2.45) is 0 Å². The highest BCUT2D eigenvalue weighted by molar-refractivity contribution is 5.66. The van der Waals surface area contributed by atoms with Crippen LogP contribution in [0.25, 0.3) is 0 Å². The van der Waals surface area contributed by atoms with Crippen LogP contribution in [0.3, 0.4) is 0 Å². The van der Waals surface area contributed by atoms with E-state index in [1.165, 1.54) is 23.0 Å². The highest BCUT2D eigenvalue weighted by atomic mass is 19.1. The van der Waals surface area contributed by atoms with E-state index >= 15 is 0 Å². The van der Waals surface area contributed by atoms with Crippen LogP contribution in [0.1, 0.15) is 11.4 Å². The Balaban J connectivity index is 2.23. The maximum absolute atomic E-state index is 13.4. The molecule has 0 amide bonds. The molecule has 0 radical (unpaired) electrons. The van der Waals surface area contributed by atoms with Gasteiger partial charge in [0.2, 0.25) is 0 Å². The third kappa shape index (κ3) is 2.71. The van der Waals surface area contributed by atoms with Gasteiger partial charge in [-0.2, -0.15) is 0 Å². The number of aromatic nitrogens is 2. The fraction of sp³-hybridized carbons (Fsp3) is 0.167. The zero-order valence-corrected chi connectivity index (χ0v) is 9.31. The molecule has 2 aromatic rings. The zero-order chi connectivity index (χ0) is 13.1. The van der Waals surface area contributed by atoms with E-state index in [1.807, 2.05) is 0 Å². The first kappa shape index (κ1) is 12.2. The number of carboxylic acid groups (broad SMARTS) is 1. The summed E-state index contributed by atoms with van der Waals surface area (Å²) in [5.74, 6) is -1.90.